The van der Waals surface area contributed by atoms with Gasteiger partial charge in [-0.25, -0.2) is 9.78 Å². The van der Waals surface area contributed by atoms with Gasteiger partial charge in [0.2, 0.25) is 0 Å². The third-order valence-electron chi connectivity index (χ3n) is 16.6. The van der Waals surface area contributed by atoms with E-state index in [9.17, 15) is 9.59 Å². The van der Waals surface area contributed by atoms with E-state index in [1.165, 1.54) is 42.3 Å². The van der Waals surface area contributed by atoms with Gasteiger partial charge < -0.3 is 34.4 Å². The maximum atomic E-state index is 13.2. The van der Waals surface area contributed by atoms with Crippen LogP contribution in [0.25, 0.3) is 99.3 Å². The molecular formula is C88H78Ir3N7O4S-2. The topological polar surface area (TPSA) is 148 Å². The van der Waals surface area contributed by atoms with Crippen molar-refractivity contribution in [2.45, 2.75) is 79.6 Å². The average Bonchev–Trinajstić information content (AvgIpc) is 0.928. The van der Waals surface area contributed by atoms with Crippen molar-refractivity contribution in [2.24, 2.45) is 0 Å². The number of aryl methyl sites for hydroxylation is 1. The summed E-state index contributed by atoms with van der Waals surface area (Å²) in [6.07, 6.45) is 10.5. The smallest absolute Gasteiger partial charge is 0.512 e. The number of hydrogen-bond acceptors (Lipinski definition) is 12. The van der Waals surface area contributed by atoms with Gasteiger partial charge in [0.05, 0.1) is 21.5 Å². The Morgan fingerprint density at radius 1 is 0.524 bits per heavy atom. The van der Waals surface area contributed by atoms with Gasteiger partial charge in [-0.15, -0.1) is 179 Å². The van der Waals surface area contributed by atoms with Crippen molar-refractivity contribution >= 4 is 44.0 Å². The third-order valence-corrected chi connectivity index (χ3v) is 17.7. The van der Waals surface area contributed by atoms with Crippen molar-refractivity contribution in [2.75, 3.05) is 18.0 Å². The van der Waals surface area contributed by atoms with E-state index < -0.39 is 0 Å². The van der Waals surface area contributed by atoms with Gasteiger partial charge in [-0.05, 0) is 127 Å². The Morgan fingerprint density at radius 2 is 0.971 bits per heavy atom. The van der Waals surface area contributed by atoms with Gasteiger partial charge in [0.25, 0.3) is 0 Å². The number of para-hydroxylation sites is 1. The predicted molar refractivity (Wildman–Crippen MR) is 409 cm³/mol. The first-order chi connectivity index (χ1) is 48.1. The van der Waals surface area contributed by atoms with Crippen LogP contribution in [0.2, 0.25) is 0 Å². The third kappa shape index (κ3) is 21.5. The normalized spacial score (nSPS) is 12.5. The zero-order valence-corrected chi connectivity index (χ0v) is 65.4. The molecule has 14 aromatic rings. The molecule has 1 N–H and O–H groups in total. The average molecular weight is 1910 g/mol. The minimum Gasteiger partial charge on any atom is -0.512 e. The molecule has 2 aliphatic rings. The van der Waals surface area contributed by atoms with Crippen LogP contribution in [-0.2, 0) is 75.9 Å². The Labute approximate surface area is 649 Å². The number of allylic oxidation sites excluding steroid dienone is 2. The van der Waals surface area contributed by atoms with E-state index in [0.717, 1.165) is 120 Å². The van der Waals surface area contributed by atoms with Crippen LogP contribution in [0.1, 0.15) is 78.5 Å². The number of ketones is 1. The van der Waals surface area contributed by atoms with Crippen LogP contribution in [0, 0.1) is 37.3 Å². The number of aliphatic hydroxyl groups is 1. The molecule has 7 aromatic carbocycles. The maximum absolute atomic E-state index is 13.2. The number of benzene rings is 7. The molecule has 7 aromatic heterocycles. The molecule has 0 amide bonds. The van der Waals surface area contributed by atoms with Crippen molar-refractivity contribution < 1.29 is 74.6 Å². The van der Waals surface area contributed by atoms with Crippen LogP contribution >= 0.6 is 11.3 Å². The molecule has 15 heteroatoms. The summed E-state index contributed by atoms with van der Waals surface area (Å²) >= 11 is 1.54. The number of pyridine rings is 5. The molecule has 0 unspecified atom stereocenters. The zero-order chi connectivity index (χ0) is 69.1. The van der Waals surface area contributed by atoms with Crippen LogP contribution in [-0.4, -0.2) is 53.9 Å². The van der Waals surface area contributed by atoms with Crippen LogP contribution in [0.15, 0.2) is 282 Å². The van der Waals surface area contributed by atoms with E-state index in [2.05, 4.69) is 102 Å². The molecule has 0 saturated carbocycles. The Hall–Kier alpha value is -9.65. The maximum Gasteiger partial charge on any atom is 3.00 e. The second kappa shape index (κ2) is 38.6. The Balaban J connectivity index is 0.000000183. The van der Waals surface area contributed by atoms with Gasteiger partial charge in [0.15, 0.2) is 5.78 Å². The number of carbonyl (C=O) groups excluding carboxylic acids is 1. The molecule has 2 aliphatic heterocycles. The van der Waals surface area contributed by atoms with Crippen LogP contribution in [0.4, 0.5) is 5.69 Å². The molecular weight excluding hydrogens is 1830 g/mol. The first kappa shape index (κ1) is 80.7. The van der Waals surface area contributed by atoms with Gasteiger partial charge >= 0.3 is 25.7 Å². The number of nitrogens with zero attached hydrogens (tertiary/aromatic N) is 7. The fourth-order valence-electron chi connectivity index (χ4n) is 11.5. The molecule has 9 heterocycles. The summed E-state index contributed by atoms with van der Waals surface area (Å²) in [6.45, 7) is 16.3. The molecule has 524 valence electrons. The number of hydrogen-bond donors (Lipinski definition) is 1. The molecule has 0 bridgehead atoms. The number of anilines is 1. The molecule has 16 rings (SSSR count). The van der Waals surface area contributed by atoms with Crippen LogP contribution in [0.5, 0.6) is 0 Å². The minimum atomic E-state index is -0.300. The minimum absolute atomic E-state index is 0. The molecule has 103 heavy (non-hydrogen) atoms. The van der Waals surface area contributed by atoms with Crippen molar-refractivity contribution in [3.05, 3.63) is 331 Å². The van der Waals surface area contributed by atoms with Crippen LogP contribution in [0.3, 0.4) is 0 Å². The standard InChI is InChI=1S/C26H26N2O2S.C22H14N2.C12H10N.2C11H8N.C5H8O2.CH4.3Ir/c1-25(2)9-11-28-12-10-26(3,4)20-21(28)17(25)14-15-13-16(24(29)30-22(15)20)23-27-18-7-5-6-8-19(18)31-23;1-2-8-17(9-3-1)21-13-7-14-22(24-21)19-11-6-10-18(16-19)20-12-4-5-15-23-20;1-10-7-8-13-12(9-10)11-5-3-2-4-6-11;2*1-2-6-10(7-3-1)11-8-4-5-9-12-11;1-4(6)3-5(2)7;;;;/h5-8,13-14H,9-12H2,1-4H3;1-8,10-15H;2-5,7-9H,1H3;2*1-6,8-9H;3,6H,1-2H3;1H4;;;/q;-2;3*-1;;;;;+3. The Morgan fingerprint density at radius 3 is 1.46 bits per heavy atom. The summed E-state index contributed by atoms with van der Waals surface area (Å²) in [4.78, 5) is 52.3. The summed E-state index contributed by atoms with van der Waals surface area (Å²) in [5.41, 5.74) is 18.7. The quantitative estimate of drug-likeness (QED) is 0.0671. The van der Waals surface area contributed by atoms with Gasteiger partial charge in [-0.3, -0.25) is 9.78 Å². The van der Waals surface area contributed by atoms with Gasteiger partial charge in [0, 0.05) is 106 Å². The number of rotatable bonds is 8. The summed E-state index contributed by atoms with van der Waals surface area (Å²) in [5.74, 6) is -0.0625. The number of fused-ring (bicyclic) bond motifs is 3. The monoisotopic (exact) mass is 1910 g/mol. The Kier molecular flexibility index (Phi) is 30.2. The van der Waals surface area contributed by atoms with E-state index in [1.807, 2.05) is 231 Å². The van der Waals surface area contributed by atoms with E-state index in [4.69, 9.17) is 19.5 Å². The van der Waals surface area contributed by atoms with Crippen molar-refractivity contribution in [1.29, 1.82) is 0 Å². The fourth-order valence-corrected chi connectivity index (χ4v) is 12.5. The molecule has 0 aliphatic carbocycles. The summed E-state index contributed by atoms with van der Waals surface area (Å²) < 4.78 is 7.18. The van der Waals surface area contributed by atoms with E-state index >= 15 is 0 Å². The molecule has 0 atom stereocenters. The van der Waals surface area contributed by atoms with Crippen LogP contribution < -0.4 is 10.5 Å². The first-order valence-corrected chi connectivity index (χ1v) is 33.6. The molecule has 2 radical (unpaired) electrons. The molecule has 11 nitrogen and oxygen atoms in total. The molecule has 0 saturated heterocycles. The van der Waals surface area contributed by atoms with Crippen molar-refractivity contribution in [3.8, 4) is 78.1 Å². The Bertz CT molecular complexity index is 4800. The number of aliphatic hydroxyl groups excluding tert-OH is 1. The van der Waals surface area contributed by atoms with E-state index in [0.29, 0.717) is 5.56 Å². The number of carbonyl (C=O) groups is 1. The second-order valence-electron chi connectivity index (χ2n) is 25.0. The van der Waals surface area contributed by atoms with Gasteiger partial charge in [-0.1, -0.05) is 125 Å². The summed E-state index contributed by atoms with van der Waals surface area (Å²) in [7, 11) is 0. The second-order valence-corrected chi connectivity index (χ2v) is 26.0. The summed E-state index contributed by atoms with van der Waals surface area (Å²) in [5, 5.41) is 10.1. The molecule has 0 fully saturated rings. The number of thiazole rings is 1. The van der Waals surface area contributed by atoms with Crippen molar-refractivity contribution in [3.63, 3.8) is 0 Å². The van der Waals surface area contributed by atoms with E-state index in [-0.39, 0.29) is 95.7 Å². The molecule has 0 spiro atoms. The van der Waals surface area contributed by atoms with E-state index in [1.54, 1.807) is 29.9 Å². The fraction of sp³-hybridized carbons (Fsp3) is 0.159. The predicted octanol–water partition coefficient (Wildman–Crippen LogP) is 20.9. The number of aromatic nitrogens is 6. The SMILES string of the molecule is C.CC(=O)C=C(C)O.CC1(C)CCN2CCC(C)(C)c3c2c1cc1cc(-c2nc4ccccc4s2)c(=O)oc31.Cc1ccnc(-c2[c-]cccc2)c1.[Ir+3].[Ir].[Ir].[c-]1ccccc1-c1cccc(-c2[c-]c(-c3ccccn3)ccc2)n1.[c-]1ccccc1-c1ccccn1.[c-]1ccccc1-c1ccccn1. The van der Waals surface area contributed by atoms with Gasteiger partial charge in [0.1, 0.15) is 10.6 Å². The van der Waals surface area contributed by atoms with Crippen molar-refractivity contribution in [1.82, 2.24) is 29.9 Å². The zero-order valence-electron chi connectivity index (χ0n) is 57.4. The summed E-state index contributed by atoms with van der Waals surface area (Å²) in [6, 6.07) is 93.4. The van der Waals surface area contributed by atoms with Gasteiger partial charge in [-0.2, -0.15) is 0 Å². The largest absolute Gasteiger partial charge is 3.00 e. The first-order valence-electron chi connectivity index (χ1n) is 32.8.